The lowest BCUT2D eigenvalue weighted by molar-refractivity contribution is -0.117. The van der Waals surface area contributed by atoms with E-state index in [2.05, 4.69) is 43.7 Å². The number of likely N-dealkylation sites (tertiary alicyclic amines) is 1. The van der Waals surface area contributed by atoms with Crippen LogP contribution in [0.15, 0.2) is 40.2 Å². The Morgan fingerprint density at radius 2 is 2.32 bits per heavy atom. The van der Waals surface area contributed by atoms with Gasteiger partial charge in [-0.2, -0.15) is 0 Å². The van der Waals surface area contributed by atoms with Gasteiger partial charge in [-0.15, -0.1) is 11.3 Å². The fraction of sp³-hybridized carbons (Fsp3) is 0.353. The van der Waals surface area contributed by atoms with E-state index in [-0.39, 0.29) is 5.91 Å². The molecule has 0 spiro atoms. The van der Waals surface area contributed by atoms with Crippen molar-refractivity contribution in [2.45, 2.75) is 25.8 Å². The highest BCUT2D eigenvalue weighted by molar-refractivity contribution is 9.10. The number of anilines is 1. The van der Waals surface area contributed by atoms with Gasteiger partial charge in [-0.25, -0.2) is 0 Å². The first-order chi connectivity index (χ1) is 10.6. The van der Waals surface area contributed by atoms with Crippen LogP contribution in [0.5, 0.6) is 0 Å². The summed E-state index contributed by atoms with van der Waals surface area (Å²) in [7, 11) is 0. The Morgan fingerprint density at radius 3 is 3.05 bits per heavy atom. The van der Waals surface area contributed by atoms with E-state index in [0.29, 0.717) is 12.6 Å². The van der Waals surface area contributed by atoms with Gasteiger partial charge in [-0.1, -0.05) is 22.0 Å². The predicted octanol–water partition coefficient (Wildman–Crippen LogP) is 4.59. The number of thiophene rings is 1. The number of carbonyl (C=O) groups is 1. The molecule has 22 heavy (non-hydrogen) atoms. The van der Waals surface area contributed by atoms with Crippen molar-refractivity contribution in [1.29, 1.82) is 0 Å². The SMILES string of the molecule is Cc1cc(Br)ccc1NC(=O)CN1CCC[C@H]1c1cccs1. The molecular formula is C17H19BrN2OS. The van der Waals surface area contributed by atoms with Crippen LogP contribution in [0.25, 0.3) is 0 Å². The molecule has 0 bridgehead atoms. The number of carbonyl (C=O) groups excluding carboxylic acids is 1. The minimum Gasteiger partial charge on any atom is -0.325 e. The van der Waals surface area contributed by atoms with E-state index < -0.39 is 0 Å². The van der Waals surface area contributed by atoms with Crippen LogP contribution in [0.2, 0.25) is 0 Å². The minimum absolute atomic E-state index is 0.0638. The third-order valence-corrected chi connectivity index (χ3v) is 5.51. The summed E-state index contributed by atoms with van der Waals surface area (Å²) in [5.74, 6) is 0.0638. The van der Waals surface area contributed by atoms with Gasteiger partial charge < -0.3 is 5.32 Å². The molecule has 3 nitrogen and oxygen atoms in total. The summed E-state index contributed by atoms with van der Waals surface area (Å²) >= 11 is 5.22. The second-order valence-electron chi connectivity index (χ2n) is 5.65. The largest absolute Gasteiger partial charge is 0.325 e. The molecule has 0 unspecified atom stereocenters. The Labute approximate surface area is 143 Å². The number of hydrogen-bond donors (Lipinski definition) is 1. The standard InChI is InChI=1S/C17H19BrN2OS/c1-12-10-13(18)6-7-14(12)19-17(21)11-20-8-2-4-15(20)16-5-3-9-22-16/h3,5-7,9-10,15H,2,4,8,11H2,1H3,(H,19,21)/t15-/m0/s1. The number of rotatable bonds is 4. The highest BCUT2D eigenvalue weighted by atomic mass is 79.9. The number of aryl methyl sites for hydroxylation is 1. The lowest BCUT2D eigenvalue weighted by Gasteiger charge is -2.23. The first-order valence-corrected chi connectivity index (χ1v) is 9.14. The number of halogens is 1. The lowest BCUT2D eigenvalue weighted by Crippen LogP contribution is -2.32. The molecule has 0 saturated carbocycles. The van der Waals surface area contributed by atoms with E-state index in [1.165, 1.54) is 4.88 Å². The molecule has 2 heterocycles. The van der Waals surface area contributed by atoms with Crippen LogP contribution < -0.4 is 5.32 Å². The summed E-state index contributed by atoms with van der Waals surface area (Å²) in [5, 5.41) is 5.14. The van der Waals surface area contributed by atoms with Crippen molar-refractivity contribution in [1.82, 2.24) is 4.90 Å². The maximum Gasteiger partial charge on any atom is 0.238 e. The van der Waals surface area contributed by atoms with E-state index in [4.69, 9.17) is 0 Å². The van der Waals surface area contributed by atoms with E-state index in [0.717, 1.165) is 35.1 Å². The highest BCUT2D eigenvalue weighted by Crippen LogP contribution is 2.34. The van der Waals surface area contributed by atoms with E-state index >= 15 is 0 Å². The monoisotopic (exact) mass is 378 g/mol. The zero-order valence-corrected chi connectivity index (χ0v) is 14.9. The summed E-state index contributed by atoms with van der Waals surface area (Å²) in [6.07, 6.45) is 2.30. The number of nitrogens with one attached hydrogen (secondary N) is 1. The smallest absolute Gasteiger partial charge is 0.238 e. The second-order valence-corrected chi connectivity index (χ2v) is 7.55. The second kappa shape index (κ2) is 6.94. The molecule has 1 atom stereocenters. The van der Waals surface area contributed by atoms with Gasteiger partial charge in [0, 0.05) is 21.1 Å². The average molecular weight is 379 g/mol. The van der Waals surface area contributed by atoms with Crippen molar-refractivity contribution >= 4 is 38.9 Å². The quantitative estimate of drug-likeness (QED) is 0.843. The summed E-state index contributed by atoms with van der Waals surface area (Å²) in [6.45, 7) is 3.46. The maximum absolute atomic E-state index is 12.4. The first kappa shape index (κ1) is 15.7. The fourth-order valence-corrected chi connectivity index (χ4v) is 4.33. The van der Waals surface area contributed by atoms with Crippen molar-refractivity contribution in [2.24, 2.45) is 0 Å². The van der Waals surface area contributed by atoms with Gasteiger partial charge in [-0.3, -0.25) is 9.69 Å². The zero-order valence-electron chi connectivity index (χ0n) is 12.5. The zero-order chi connectivity index (χ0) is 15.5. The third-order valence-electron chi connectivity index (χ3n) is 4.04. The molecule has 0 radical (unpaired) electrons. The molecule has 1 N–H and O–H groups in total. The van der Waals surface area contributed by atoms with E-state index in [9.17, 15) is 4.79 Å². The Morgan fingerprint density at radius 1 is 1.45 bits per heavy atom. The van der Waals surface area contributed by atoms with Crippen LogP contribution >= 0.6 is 27.3 Å². The molecule has 3 rings (SSSR count). The van der Waals surface area contributed by atoms with Gasteiger partial charge in [0.15, 0.2) is 0 Å². The molecule has 116 valence electrons. The van der Waals surface area contributed by atoms with Crippen LogP contribution in [0.4, 0.5) is 5.69 Å². The molecule has 1 aliphatic rings. The van der Waals surface area contributed by atoms with Crippen LogP contribution in [0, 0.1) is 6.92 Å². The molecule has 2 aromatic rings. The van der Waals surface area contributed by atoms with Gasteiger partial charge in [0.25, 0.3) is 0 Å². The molecule has 1 aromatic heterocycles. The van der Waals surface area contributed by atoms with Crippen molar-refractivity contribution in [3.05, 3.63) is 50.6 Å². The van der Waals surface area contributed by atoms with Crippen molar-refractivity contribution < 1.29 is 4.79 Å². The van der Waals surface area contributed by atoms with Gasteiger partial charge in [0.2, 0.25) is 5.91 Å². The Kier molecular flexibility index (Phi) is 4.96. The Balaban J connectivity index is 1.64. The van der Waals surface area contributed by atoms with Gasteiger partial charge in [0.05, 0.1) is 6.54 Å². The minimum atomic E-state index is 0.0638. The molecule has 1 amide bonds. The fourth-order valence-electron chi connectivity index (χ4n) is 2.96. The van der Waals surface area contributed by atoms with Gasteiger partial charge in [0.1, 0.15) is 0 Å². The number of amides is 1. The number of benzene rings is 1. The molecular weight excluding hydrogens is 360 g/mol. The molecule has 1 saturated heterocycles. The summed E-state index contributed by atoms with van der Waals surface area (Å²) in [6, 6.07) is 10.6. The molecule has 1 aliphatic heterocycles. The summed E-state index contributed by atoms with van der Waals surface area (Å²) in [5.41, 5.74) is 1.96. The topological polar surface area (TPSA) is 32.3 Å². The van der Waals surface area contributed by atoms with Crippen molar-refractivity contribution in [3.63, 3.8) is 0 Å². The van der Waals surface area contributed by atoms with E-state index in [1.807, 2.05) is 25.1 Å². The predicted molar refractivity (Wildman–Crippen MR) is 95.4 cm³/mol. The summed E-state index contributed by atoms with van der Waals surface area (Å²) < 4.78 is 1.03. The molecule has 1 fully saturated rings. The maximum atomic E-state index is 12.4. The van der Waals surface area contributed by atoms with E-state index in [1.54, 1.807) is 11.3 Å². The number of hydrogen-bond acceptors (Lipinski definition) is 3. The molecule has 0 aliphatic carbocycles. The van der Waals surface area contributed by atoms with Crippen LogP contribution in [0.3, 0.4) is 0 Å². The lowest BCUT2D eigenvalue weighted by atomic mass is 10.2. The highest BCUT2D eigenvalue weighted by Gasteiger charge is 2.28. The molecule has 5 heteroatoms. The number of nitrogens with zero attached hydrogens (tertiary/aromatic N) is 1. The van der Waals surface area contributed by atoms with Crippen molar-refractivity contribution in [2.75, 3.05) is 18.4 Å². The van der Waals surface area contributed by atoms with Crippen LogP contribution in [-0.4, -0.2) is 23.9 Å². The van der Waals surface area contributed by atoms with Crippen LogP contribution in [0.1, 0.15) is 29.3 Å². The summed E-state index contributed by atoms with van der Waals surface area (Å²) in [4.78, 5) is 16.0. The van der Waals surface area contributed by atoms with Gasteiger partial charge in [-0.05, 0) is 61.5 Å². The first-order valence-electron chi connectivity index (χ1n) is 7.47. The third kappa shape index (κ3) is 3.59. The average Bonchev–Trinajstić information content (AvgIpc) is 3.12. The van der Waals surface area contributed by atoms with Crippen LogP contribution in [-0.2, 0) is 4.79 Å². The van der Waals surface area contributed by atoms with Gasteiger partial charge >= 0.3 is 0 Å². The Bertz CT molecular complexity index is 657. The normalized spacial score (nSPS) is 18.5. The Hall–Kier alpha value is -1.17. The van der Waals surface area contributed by atoms with Crippen molar-refractivity contribution in [3.8, 4) is 0 Å². The molecule has 1 aromatic carbocycles.